The van der Waals surface area contributed by atoms with Crippen LogP contribution in [-0.4, -0.2) is 43.9 Å². The highest BCUT2D eigenvalue weighted by Crippen LogP contribution is 2.11. The van der Waals surface area contributed by atoms with Crippen LogP contribution in [0.1, 0.15) is 16.1 Å². The van der Waals surface area contributed by atoms with Gasteiger partial charge in [-0.05, 0) is 37.3 Å². The van der Waals surface area contributed by atoms with E-state index < -0.39 is 4.92 Å². The van der Waals surface area contributed by atoms with Crippen LogP contribution in [0.2, 0.25) is 0 Å². The summed E-state index contributed by atoms with van der Waals surface area (Å²) in [4.78, 5) is 22.1. The molecular formula is C17H17N7O3. The van der Waals surface area contributed by atoms with Crippen molar-refractivity contribution >= 4 is 17.4 Å². The van der Waals surface area contributed by atoms with Crippen LogP contribution in [0.5, 0.6) is 0 Å². The Hall–Kier alpha value is -3.82. The van der Waals surface area contributed by atoms with Gasteiger partial charge in [-0.3, -0.25) is 14.9 Å². The lowest BCUT2D eigenvalue weighted by molar-refractivity contribution is -0.384. The highest BCUT2D eigenvalue weighted by atomic mass is 16.6. The molecule has 138 valence electrons. The zero-order chi connectivity index (χ0) is 19.2. The highest BCUT2D eigenvalue weighted by molar-refractivity contribution is 5.94. The number of carbonyl (C=O) groups excluding carboxylic acids is 1. The van der Waals surface area contributed by atoms with E-state index in [1.165, 1.54) is 24.3 Å². The Balaban J connectivity index is 1.45. The smallest absolute Gasteiger partial charge is 0.269 e. The quantitative estimate of drug-likeness (QED) is 0.370. The standard InChI is InChI=1S/C17H17N7O3/c1-12-8-11-23(22-12)16-7-6-15(20-21-16)18-9-10-19-17(25)13-2-4-14(5-3-13)24(26)27/h2-8,11H,9-10H2,1H3,(H,18,20)(H,19,25). The van der Waals surface area contributed by atoms with Gasteiger partial charge in [0.15, 0.2) is 5.82 Å². The maximum absolute atomic E-state index is 12.0. The summed E-state index contributed by atoms with van der Waals surface area (Å²) >= 11 is 0. The van der Waals surface area contributed by atoms with Crippen molar-refractivity contribution in [2.24, 2.45) is 0 Å². The Bertz CT molecular complexity index is 936. The molecule has 0 spiro atoms. The Labute approximate surface area is 154 Å². The Morgan fingerprint density at radius 1 is 1.11 bits per heavy atom. The summed E-state index contributed by atoms with van der Waals surface area (Å²) < 4.78 is 1.64. The predicted molar refractivity (Wildman–Crippen MR) is 97.8 cm³/mol. The van der Waals surface area contributed by atoms with E-state index in [1.807, 2.05) is 13.0 Å². The van der Waals surface area contributed by atoms with Crippen LogP contribution in [0.25, 0.3) is 5.82 Å². The van der Waals surface area contributed by atoms with Crippen molar-refractivity contribution in [3.63, 3.8) is 0 Å². The molecule has 0 atom stereocenters. The van der Waals surface area contributed by atoms with Gasteiger partial charge in [0.25, 0.3) is 11.6 Å². The van der Waals surface area contributed by atoms with Crippen LogP contribution in [0.3, 0.4) is 0 Å². The molecule has 0 unspecified atom stereocenters. The average Bonchev–Trinajstić information content (AvgIpc) is 3.12. The van der Waals surface area contributed by atoms with Gasteiger partial charge in [-0.25, -0.2) is 4.68 Å². The molecule has 0 aliphatic heterocycles. The number of benzene rings is 1. The van der Waals surface area contributed by atoms with Gasteiger partial charge in [-0.2, -0.15) is 5.10 Å². The Morgan fingerprint density at radius 3 is 2.48 bits per heavy atom. The van der Waals surface area contributed by atoms with E-state index in [4.69, 9.17) is 0 Å². The molecule has 0 bridgehead atoms. The van der Waals surface area contributed by atoms with E-state index >= 15 is 0 Å². The number of nitro groups is 1. The van der Waals surface area contributed by atoms with Crippen molar-refractivity contribution in [2.75, 3.05) is 18.4 Å². The van der Waals surface area contributed by atoms with Gasteiger partial charge in [0, 0.05) is 37.0 Å². The second-order valence-corrected chi connectivity index (χ2v) is 5.67. The van der Waals surface area contributed by atoms with Gasteiger partial charge in [0.2, 0.25) is 0 Å². The lowest BCUT2D eigenvalue weighted by atomic mass is 10.2. The molecule has 0 radical (unpaired) electrons. The van der Waals surface area contributed by atoms with Gasteiger partial charge in [0.1, 0.15) is 5.82 Å². The third-order valence-electron chi connectivity index (χ3n) is 3.66. The number of nitrogens with zero attached hydrogens (tertiary/aromatic N) is 5. The summed E-state index contributed by atoms with van der Waals surface area (Å²) in [7, 11) is 0. The maximum Gasteiger partial charge on any atom is 0.269 e. The number of aromatic nitrogens is 4. The first-order valence-electron chi connectivity index (χ1n) is 8.16. The minimum Gasteiger partial charge on any atom is -0.367 e. The summed E-state index contributed by atoms with van der Waals surface area (Å²) in [5, 5.41) is 28.8. The van der Waals surface area contributed by atoms with Crippen LogP contribution in [0.4, 0.5) is 11.5 Å². The van der Waals surface area contributed by atoms with E-state index in [-0.39, 0.29) is 11.6 Å². The van der Waals surface area contributed by atoms with Gasteiger partial charge >= 0.3 is 0 Å². The van der Waals surface area contributed by atoms with Crippen molar-refractivity contribution in [2.45, 2.75) is 6.92 Å². The molecule has 0 fully saturated rings. The number of anilines is 1. The fourth-order valence-corrected chi connectivity index (χ4v) is 2.29. The van der Waals surface area contributed by atoms with Crippen LogP contribution >= 0.6 is 0 Å². The van der Waals surface area contributed by atoms with Crippen LogP contribution in [-0.2, 0) is 0 Å². The van der Waals surface area contributed by atoms with Gasteiger partial charge in [0.05, 0.1) is 10.6 Å². The molecule has 1 amide bonds. The minimum atomic E-state index is -0.508. The van der Waals surface area contributed by atoms with Gasteiger partial charge in [-0.15, -0.1) is 10.2 Å². The number of amides is 1. The zero-order valence-electron chi connectivity index (χ0n) is 14.5. The number of hydrogen-bond donors (Lipinski definition) is 2. The molecule has 27 heavy (non-hydrogen) atoms. The second kappa shape index (κ2) is 8.04. The third kappa shape index (κ3) is 4.63. The van der Waals surface area contributed by atoms with E-state index in [1.54, 1.807) is 23.0 Å². The predicted octanol–water partition coefficient (Wildman–Crippen LogP) is 1.72. The van der Waals surface area contributed by atoms with E-state index in [2.05, 4.69) is 25.9 Å². The van der Waals surface area contributed by atoms with Crippen LogP contribution in [0, 0.1) is 17.0 Å². The maximum atomic E-state index is 12.0. The lowest BCUT2D eigenvalue weighted by Crippen LogP contribution is -2.28. The molecule has 10 nitrogen and oxygen atoms in total. The van der Waals surface area contributed by atoms with E-state index in [0.29, 0.717) is 30.3 Å². The fourth-order valence-electron chi connectivity index (χ4n) is 2.29. The SMILES string of the molecule is Cc1ccn(-c2ccc(NCCNC(=O)c3ccc([N+](=O)[O-])cc3)nn2)n1. The molecule has 3 rings (SSSR count). The van der Waals surface area contributed by atoms with Crippen LogP contribution in [0.15, 0.2) is 48.7 Å². The molecule has 0 aliphatic carbocycles. The van der Waals surface area contributed by atoms with Crippen molar-refractivity contribution in [1.82, 2.24) is 25.3 Å². The largest absolute Gasteiger partial charge is 0.367 e. The number of nitro benzene ring substituents is 1. The van der Waals surface area contributed by atoms with Crippen molar-refractivity contribution in [3.05, 3.63) is 70.0 Å². The summed E-state index contributed by atoms with van der Waals surface area (Å²) in [5.41, 5.74) is 1.20. The second-order valence-electron chi connectivity index (χ2n) is 5.67. The first-order chi connectivity index (χ1) is 13.0. The monoisotopic (exact) mass is 367 g/mol. The number of non-ortho nitro benzene ring substituents is 1. The molecule has 2 N–H and O–H groups in total. The summed E-state index contributed by atoms with van der Waals surface area (Å²) in [6.45, 7) is 2.70. The van der Waals surface area contributed by atoms with Crippen molar-refractivity contribution in [1.29, 1.82) is 0 Å². The van der Waals surface area contributed by atoms with Crippen LogP contribution < -0.4 is 10.6 Å². The summed E-state index contributed by atoms with van der Waals surface area (Å²) in [6, 6.07) is 10.9. The fraction of sp³-hybridized carbons (Fsp3) is 0.176. The van der Waals surface area contributed by atoms with Crippen molar-refractivity contribution in [3.8, 4) is 5.82 Å². The van der Waals surface area contributed by atoms with Gasteiger partial charge in [-0.1, -0.05) is 0 Å². The lowest BCUT2D eigenvalue weighted by Gasteiger charge is -2.07. The van der Waals surface area contributed by atoms with E-state index in [0.717, 1.165) is 5.69 Å². The Kier molecular flexibility index (Phi) is 5.36. The van der Waals surface area contributed by atoms with Gasteiger partial charge < -0.3 is 10.6 Å². The molecule has 3 aromatic rings. The molecule has 0 saturated heterocycles. The number of hydrogen-bond acceptors (Lipinski definition) is 7. The molecular weight excluding hydrogens is 350 g/mol. The summed E-state index contributed by atoms with van der Waals surface area (Å²) in [5.74, 6) is 0.884. The molecule has 1 aromatic carbocycles. The highest BCUT2D eigenvalue weighted by Gasteiger charge is 2.09. The number of aryl methyl sites for hydroxylation is 1. The topological polar surface area (TPSA) is 128 Å². The average molecular weight is 367 g/mol. The number of rotatable bonds is 7. The number of carbonyl (C=O) groups is 1. The molecule has 2 heterocycles. The molecule has 10 heteroatoms. The minimum absolute atomic E-state index is 0.0551. The first kappa shape index (κ1) is 18.0. The first-order valence-corrected chi connectivity index (χ1v) is 8.16. The third-order valence-corrected chi connectivity index (χ3v) is 3.66. The zero-order valence-corrected chi connectivity index (χ0v) is 14.5. The number of nitrogens with one attached hydrogen (secondary N) is 2. The Morgan fingerprint density at radius 2 is 1.89 bits per heavy atom. The molecule has 0 aliphatic rings. The molecule has 2 aromatic heterocycles. The van der Waals surface area contributed by atoms with Crippen molar-refractivity contribution < 1.29 is 9.72 Å². The molecule has 0 saturated carbocycles. The normalized spacial score (nSPS) is 10.4. The van der Waals surface area contributed by atoms with E-state index in [9.17, 15) is 14.9 Å². The summed E-state index contributed by atoms with van der Waals surface area (Å²) in [6.07, 6.45) is 1.81.